The van der Waals surface area contributed by atoms with E-state index in [1.165, 1.54) is 24.3 Å². The first kappa shape index (κ1) is 18.7. The van der Waals surface area contributed by atoms with Gasteiger partial charge in [-0.05, 0) is 42.8 Å². The minimum absolute atomic E-state index is 0.173. The van der Waals surface area contributed by atoms with Crippen LogP contribution in [0.25, 0.3) is 0 Å². The molecule has 0 saturated heterocycles. The van der Waals surface area contributed by atoms with Crippen molar-refractivity contribution in [3.05, 3.63) is 76.0 Å². The summed E-state index contributed by atoms with van der Waals surface area (Å²) in [5, 5.41) is 5.88. The number of carbonyl (C=O) groups excluding carboxylic acids is 2. The minimum Gasteiger partial charge on any atom is -0.326 e. The number of benzene rings is 2. The molecule has 27 heavy (non-hydrogen) atoms. The van der Waals surface area contributed by atoms with Gasteiger partial charge >= 0.3 is 0 Å². The average molecular weight is 383 g/mol. The van der Waals surface area contributed by atoms with Gasteiger partial charge in [-0.15, -0.1) is 11.3 Å². The molecule has 2 N–H and O–H groups in total. The molecule has 0 aliphatic heterocycles. The van der Waals surface area contributed by atoms with Crippen LogP contribution in [-0.4, -0.2) is 16.8 Å². The summed E-state index contributed by atoms with van der Waals surface area (Å²) in [5.41, 5.74) is 2.43. The monoisotopic (exact) mass is 383 g/mol. The van der Waals surface area contributed by atoms with Crippen LogP contribution in [0.1, 0.15) is 33.4 Å². The molecule has 3 rings (SSSR count). The molecule has 1 aromatic heterocycles. The number of amides is 2. The predicted molar refractivity (Wildman–Crippen MR) is 105 cm³/mol. The highest BCUT2D eigenvalue weighted by Crippen LogP contribution is 2.26. The molecule has 0 spiro atoms. The average Bonchev–Trinajstić information content (AvgIpc) is 2.96. The van der Waals surface area contributed by atoms with Crippen LogP contribution in [0.5, 0.6) is 0 Å². The standard InChI is InChI=1S/C20H18FN3O2S/c1-12-18(11-15-5-3-4-6-17(15)21)27-20(22-12)24-19(26)14-7-9-16(10-8-14)23-13(2)25/h3-10H,11H2,1-2H3,(H,23,25)(H,22,24,26). The summed E-state index contributed by atoms with van der Waals surface area (Å²) in [7, 11) is 0. The Kier molecular flexibility index (Phi) is 5.61. The van der Waals surface area contributed by atoms with Gasteiger partial charge in [-0.25, -0.2) is 9.37 Å². The van der Waals surface area contributed by atoms with Crippen molar-refractivity contribution in [2.24, 2.45) is 0 Å². The fourth-order valence-electron chi connectivity index (χ4n) is 2.54. The summed E-state index contributed by atoms with van der Waals surface area (Å²) in [6.07, 6.45) is 0.428. The van der Waals surface area contributed by atoms with Crippen molar-refractivity contribution in [3.63, 3.8) is 0 Å². The van der Waals surface area contributed by atoms with Gasteiger partial charge in [0.1, 0.15) is 5.82 Å². The summed E-state index contributed by atoms with van der Waals surface area (Å²) in [5.74, 6) is -0.724. The topological polar surface area (TPSA) is 71.1 Å². The summed E-state index contributed by atoms with van der Waals surface area (Å²) in [6.45, 7) is 3.26. The van der Waals surface area contributed by atoms with Gasteiger partial charge in [0, 0.05) is 29.5 Å². The largest absolute Gasteiger partial charge is 0.326 e. The van der Waals surface area contributed by atoms with Crippen molar-refractivity contribution < 1.29 is 14.0 Å². The second-order valence-corrected chi connectivity index (χ2v) is 7.09. The molecule has 7 heteroatoms. The summed E-state index contributed by atoms with van der Waals surface area (Å²) in [4.78, 5) is 28.7. The van der Waals surface area contributed by atoms with E-state index in [9.17, 15) is 14.0 Å². The van der Waals surface area contributed by atoms with E-state index >= 15 is 0 Å². The number of thiazole rings is 1. The number of anilines is 2. The predicted octanol–water partition coefficient (Wildman–Crippen LogP) is 4.39. The third-order valence-corrected chi connectivity index (χ3v) is 4.96. The second-order valence-electron chi connectivity index (χ2n) is 6.01. The quantitative estimate of drug-likeness (QED) is 0.686. The Morgan fingerprint density at radius 3 is 2.44 bits per heavy atom. The molecule has 0 radical (unpaired) electrons. The Hall–Kier alpha value is -3.06. The molecule has 0 aliphatic carbocycles. The Balaban J connectivity index is 1.70. The first-order valence-electron chi connectivity index (χ1n) is 8.31. The number of nitrogens with one attached hydrogen (secondary N) is 2. The van der Waals surface area contributed by atoms with Gasteiger partial charge in [-0.2, -0.15) is 0 Å². The zero-order chi connectivity index (χ0) is 19.4. The number of halogens is 1. The number of hydrogen-bond donors (Lipinski definition) is 2. The lowest BCUT2D eigenvalue weighted by atomic mass is 10.1. The van der Waals surface area contributed by atoms with E-state index in [1.54, 1.807) is 42.5 Å². The molecular formula is C20H18FN3O2S. The van der Waals surface area contributed by atoms with E-state index in [1.807, 2.05) is 6.92 Å². The van der Waals surface area contributed by atoms with Gasteiger partial charge in [0.25, 0.3) is 5.91 Å². The molecule has 2 aromatic carbocycles. The van der Waals surface area contributed by atoms with Gasteiger partial charge in [-0.3, -0.25) is 14.9 Å². The zero-order valence-electron chi connectivity index (χ0n) is 14.9. The molecule has 138 valence electrons. The Morgan fingerprint density at radius 1 is 1.07 bits per heavy atom. The van der Waals surface area contributed by atoms with Crippen molar-refractivity contribution in [2.45, 2.75) is 20.3 Å². The maximum absolute atomic E-state index is 13.8. The maximum Gasteiger partial charge on any atom is 0.257 e. The van der Waals surface area contributed by atoms with Crippen LogP contribution < -0.4 is 10.6 Å². The number of aromatic nitrogens is 1. The van der Waals surface area contributed by atoms with Gasteiger partial charge in [0.2, 0.25) is 5.91 Å². The lowest BCUT2D eigenvalue weighted by Gasteiger charge is -2.04. The molecule has 5 nitrogen and oxygen atoms in total. The van der Waals surface area contributed by atoms with Crippen LogP contribution >= 0.6 is 11.3 Å². The maximum atomic E-state index is 13.8. The normalized spacial score (nSPS) is 10.5. The molecule has 2 amide bonds. The SMILES string of the molecule is CC(=O)Nc1ccc(C(=O)Nc2nc(C)c(Cc3ccccc3F)s2)cc1. The van der Waals surface area contributed by atoms with E-state index in [4.69, 9.17) is 0 Å². The van der Waals surface area contributed by atoms with Gasteiger partial charge < -0.3 is 5.32 Å². The Bertz CT molecular complexity index is 983. The van der Waals surface area contributed by atoms with E-state index in [2.05, 4.69) is 15.6 Å². The molecule has 0 aliphatic rings. The van der Waals surface area contributed by atoms with Crippen LogP contribution in [0.4, 0.5) is 15.2 Å². The van der Waals surface area contributed by atoms with Crippen molar-refractivity contribution in [1.29, 1.82) is 0 Å². The van der Waals surface area contributed by atoms with Crippen LogP contribution in [-0.2, 0) is 11.2 Å². The highest BCUT2D eigenvalue weighted by atomic mass is 32.1. The highest BCUT2D eigenvalue weighted by Gasteiger charge is 2.13. The second kappa shape index (κ2) is 8.09. The van der Waals surface area contributed by atoms with Crippen molar-refractivity contribution in [2.75, 3.05) is 10.6 Å². The number of aryl methyl sites for hydroxylation is 1. The summed E-state index contributed by atoms with van der Waals surface area (Å²) >= 11 is 1.33. The van der Waals surface area contributed by atoms with Crippen molar-refractivity contribution in [3.8, 4) is 0 Å². The van der Waals surface area contributed by atoms with Crippen LogP contribution in [0.15, 0.2) is 48.5 Å². The van der Waals surface area contributed by atoms with Crippen molar-refractivity contribution in [1.82, 2.24) is 4.98 Å². The van der Waals surface area contributed by atoms with E-state index in [-0.39, 0.29) is 17.6 Å². The van der Waals surface area contributed by atoms with E-state index in [0.29, 0.717) is 28.4 Å². The van der Waals surface area contributed by atoms with Crippen LogP contribution in [0.3, 0.4) is 0 Å². The third kappa shape index (κ3) is 4.77. The van der Waals surface area contributed by atoms with Gasteiger partial charge in [0.05, 0.1) is 5.69 Å². The van der Waals surface area contributed by atoms with Gasteiger partial charge in [-0.1, -0.05) is 18.2 Å². The lowest BCUT2D eigenvalue weighted by Crippen LogP contribution is -2.12. The Morgan fingerprint density at radius 2 is 1.78 bits per heavy atom. The number of rotatable bonds is 5. The molecule has 1 heterocycles. The van der Waals surface area contributed by atoms with Crippen molar-refractivity contribution >= 4 is 34.0 Å². The lowest BCUT2D eigenvalue weighted by molar-refractivity contribution is -0.114. The van der Waals surface area contributed by atoms with Gasteiger partial charge in [0.15, 0.2) is 5.13 Å². The van der Waals surface area contributed by atoms with E-state index in [0.717, 1.165) is 10.6 Å². The first-order chi connectivity index (χ1) is 12.9. The smallest absolute Gasteiger partial charge is 0.257 e. The van der Waals surface area contributed by atoms with E-state index < -0.39 is 0 Å². The molecule has 0 bridgehead atoms. The van der Waals surface area contributed by atoms with Crippen LogP contribution in [0, 0.1) is 12.7 Å². The molecular weight excluding hydrogens is 365 g/mol. The molecule has 0 fully saturated rings. The van der Waals surface area contributed by atoms with Crippen LogP contribution in [0.2, 0.25) is 0 Å². The third-order valence-electron chi connectivity index (χ3n) is 3.89. The zero-order valence-corrected chi connectivity index (χ0v) is 15.7. The highest BCUT2D eigenvalue weighted by molar-refractivity contribution is 7.15. The first-order valence-corrected chi connectivity index (χ1v) is 9.13. The fraction of sp³-hybridized carbons (Fsp3) is 0.150. The Labute approximate surface area is 160 Å². The number of carbonyl (C=O) groups is 2. The minimum atomic E-state index is -0.296. The number of hydrogen-bond acceptors (Lipinski definition) is 4. The molecule has 0 saturated carbocycles. The summed E-state index contributed by atoms with van der Waals surface area (Å²) in [6, 6.07) is 13.2. The number of nitrogens with zero attached hydrogens (tertiary/aromatic N) is 1. The summed E-state index contributed by atoms with van der Waals surface area (Å²) < 4.78 is 13.8. The molecule has 0 unspecified atom stereocenters. The fourth-order valence-corrected chi connectivity index (χ4v) is 3.52. The molecule has 0 atom stereocenters. The molecule has 3 aromatic rings.